The summed E-state index contributed by atoms with van der Waals surface area (Å²) >= 11 is 0. The van der Waals surface area contributed by atoms with E-state index in [9.17, 15) is 91.9 Å². The number of benzene rings is 2. The summed E-state index contributed by atoms with van der Waals surface area (Å²) in [6, 6.07) is 4.44. The van der Waals surface area contributed by atoms with E-state index in [4.69, 9.17) is 47.1 Å². The summed E-state index contributed by atoms with van der Waals surface area (Å²) in [6.07, 6.45) is 1.17. The monoisotopic (exact) mass is 1340 g/mol. The van der Waals surface area contributed by atoms with Gasteiger partial charge in [0.15, 0.2) is 5.25 Å². The number of carbonyl (C=O) groups is 12. The van der Waals surface area contributed by atoms with Crippen molar-refractivity contribution >= 4 is 113 Å². The molecule has 0 aliphatic carbocycles. The number of aliphatic carboxylic acids is 2. The number of aromatic carboxylic acids is 2. The summed E-state index contributed by atoms with van der Waals surface area (Å²) in [5.41, 5.74) is -2.13. The Hall–Kier alpha value is -7.61. The Bertz CT molecular complexity index is 3290. The summed E-state index contributed by atoms with van der Waals surface area (Å²) < 4.78 is 157. The minimum absolute atomic E-state index is 0. The molecule has 42 heteroatoms. The molecule has 0 aliphatic heterocycles. The zero-order valence-corrected chi connectivity index (χ0v) is 52.7. The predicted molar refractivity (Wildman–Crippen MR) is 269 cm³/mol. The number of ether oxygens (including phenoxy) is 8. The molecule has 0 spiro atoms. The number of rotatable bonds is 29. The van der Waals surface area contributed by atoms with E-state index in [1.165, 1.54) is 6.92 Å². The molecule has 1 unspecified atom stereocenters. The summed E-state index contributed by atoms with van der Waals surface area (Å²) in [5.74, 6) is -12.9. The fraction of sp³-hybridized carbons (Fsp3) is 0.289. The van der Waals surface area contributed by atoms with Crippen LogP contribution < -0.4 is 59.1 Å². The fourth-order valence-electron chi connectivity index (χ4n) is 4.49. The van der Waals surface area contributed by atoms with E-state index in [-0.39, 0.29) is 124 Å². The number of carboxylic acids is 4. The molecule has 0 saturated carbocycles. The zero-order chi connectivity index (χ0) is 66.4. The number of esters is 8. The Morgan fingerprint density at radius 1 is 0.517 bits per heavy atom. The first-order valence-corrected chi connectivity index (χ1v) is 27.2. The van der Waals surface area contributed by atoms with Gasteiger partial charge in [0.1, 0.15) is 73.1 Å². The molecule has 0 radical (unpaired) electrons. The van der Waals surface area contributed by atoms with Gasteiger partial charge in [0.05, 0.1) is 51.3 Å². The molecular formula is C45H48Na2O36S4. The van der Waals surface area contributed by atoms with Crippen molar-refractivity contribution in [3.63, 3.8) is 0 Å². The van der Waals surface area contributed by atoms with Gasteiger partial charge in [-0.3, -0.25) is 23.7 Å². The maximum Gasteiger partial charge on any atom is 1.00 e. The van der Waals surface area contributed by atoms with Crippen LogP contribution in [0, 0.1) is 0 Å². The van der Waals surface area contributed by atoms with E-state index in [2.05, 4.69) is 54.7 Å². The number of hydrogen-bond donors (Lipinski definition) is 5. The van der Waals surface area contributed by atoms with E-state index >= 15 is 0 Å². The van der Waals surface area contributed by atoms with Gasteiger partial charge in [0.2, 0.25) is 0 Å². The first-order chi connectivity index (χ1) is 39.2. The molecule has 5 N–H and O–H groups in total. The largest absolute Gasteiger partial charge is 1.00 e. The SMILES string of the molecule is C=C(C)C(=O)OCCOC(=O)c1ccc(S(=O)(=O)[O-])cc1C(=O)O.C=CC(=O)OCCOC(=O)C(CC(=O)O)S(=O)(=O)O.C=CC(=O)OCCOC(=O)CCC(=O)O.C=CC(=O)OCCOC(=O)c1ccc(S(=O)(=O)[O-])cc1C(=O)O.O=S(=O)=O.[Na+].[Na+]. The van der Waals surface area contributed by atoms with Gasteiger partial charge < -0.3 is 67.4 Å². The molecule has 470 valence electrons. The molecule has 0 bridgehead atoms. The van der Waals surface area contributed by atoms with Gasteiger partial charge >= 0.3 is 141 Å². The average molecular weight is 1340 g/mol. The van der Waals surface area contributed by atoms with Gasteiger partial charge in [-0.2, -0.15) is 8.42 Å². The Kier molecular flexibility index (Phi) is 46.3. The van der Waals surface area contributed by atoms with Gasteiger partial charge in [-0.1, -0.05) is 26.3 Å². The van der Waals surface area contributed by atoms with Crippen LogP contribution in [0.1, 0.15) is 67.6 Å². The van der Waals surface area contributed by atoms with Crippen molar-refractivity contribution in [3.05, 3.63) is 109 Å². The van der Waals surface area contributed by atoms with E-state index < -0.39 is 163 Å². The van der Waals surface area contributed by atoms with Crippen LogP contribution in [0.2, 0.25) is 0 Å². The Morgan fingerprint density at radius 3 is 1.13 bits per heavy atom. The van der Waals surface area contributed by atoms with Crippen LogP contribution in [-0.2, 0) is 117 Å². The van der Waals surface area contributed by atoms with Crippen LogP contribution in [0.25, 0.3) is 0 Å². The second kappa shape index (κ2) is 45.7. The van der Waals surface area contributed by atoms with Crippen LogP contribution in [-0.4, -0.2) is 202 Å². The van der Waals surface area contributed by atoms with Crippen molar-refractivity contribution in [2.75, 3.05) is 52.9 Å². The van der Waals surface area contributed by atoms with Crippen LogP contribution >= 0.6 is 0 Å². The standard InChI is InChI=1S/C14H14O9S.C13H12O9S.C9H12O9S.C9H12O6.2Na.O3S/c1-8(2)13(17)22-5-6-23-14(18)10-4-3-9(24(19,20)21)7-11(10)12(15)16;1-2-11(14)21-5-6-22-13(17)9-4-3-8(23(18,19)20)7-10(9)12(15)16;1-2-8(12)17-3-4-18-9(13)6(5-7(10)11)19(14,15)16;1-2-8(12)14-5-6-15-9(13)4-3-7(10)11;;;1-4(2)3/h3-4,7H,1,5-6H2,2H3,(H,15,16)(H,19,20,21);2-4,7H,1,5-6H2,(H,15,16)(H,18,19,20);2,6H,1,3-5H2,(H,10,11)(H,14,15,16);2H,1,3-6H2,(H,10,11);;;/q;;;;2*+1;/p-2. The van der Waals surface area contributed by atoms with Crippen LogP contribution in [0.3, 0.4) is 0 Å². The van der Waals surface area contributed by atoms with Crippen molar-refractivity contribution in [1.29, 1.82) is 0 Å². The number of hydrogen-bond acceptors (Lipinski definition) is 31. The van der Waals surface area contributed by atoms with Crippen molar-refractivity contribution in [1.82, 2.24) is 0 Å². The van der Waals surface area contributed by atoms with Crippen LogP contribution in [0.4, 0.5) is 0 Å². The smallest absolute Gasteiger partial charge is 0.744 e. The second-order valence-corrected chi connectivity index (χ2v) is 19.1. The summed E-state index contributed by atoms with van der Waals surface area (Å²) in [5, 5.41) is 32.5. The maximum absolute atomic E-state index is 11.8. The number of carboxylic acid groups (broad SMARTS) is 4. The van der Waals surface area contributed by atoms with E-state index in [1.54, 1.807) is 0 Å². The third kappa shape index (κ3) is 42.8. The fourth-order valence-corrected chi connectivity index (χ4v) is 6.15. The molecule has 0 saturated heterocycles. The molecule has 0 heterocycles. The molecule has 2 aromatic rings. The van der Waals surface area contributed by atoms with Crippen molar-refractivity contribution in [2.24, 2.45) is 0 Å². The first-order valence-electron chi connectivity index (χ1n) is 21.9. The van der Waals surface area contributed by atoms with E-state index in [1.807, 2.05) is 0 Å². The minimum atomic E-state index is -4.90. The predicted octanol–water partition coefficient (Wildman–Crippen LogP) is -7.14. The molecule has 0 aliphatic rings. The second-order valence-electron chi connectivity index (χ2n) is 14.3. The third-order valence-corrected chi connectivity index (χ3v) is 10.8. The molecule has 0 fully saturated rings. The van der Waals surface area contributed by atoms with Crippen molar-refractivity contribution in [3.8, 4) is 0 Å². The molecule has 2 rings (SSSR count). The van der Waals surface area contributed by atoms with Gasteiger partial charge in [0.25, 0.3) is 10.1 Å². The molecule has 36 nitrogen and oxygen atoms in total. The maximum atomic E-state index is 11.8. The minimum Gasteiger partial charge on any atom is -0.744 e. The molecule has 87 heavy (non-hydrogen) atoms. The first kappa shape index (κ1) is 88.2. The summed E-state index contributed by atoms with van der Waals surface area (Å²) in [7, 11) is -17.7. The average Bonchev–Trinajstić information content (AvgIpc) is 3.45. The summed E-state index contributed by atoms with van der Waals surface area (Å²) in [6.45, 7) is 12.0. The van der Waals surface area contributed by atoms with Gasteiger partial charge in [0, 0.05) is 23.8 Å². The molecular weight excluding hydrogens is 1290 g/mol. The quantitative estimate of drug-likeness (QED) is 0.0126. The van der Waals surface area contributed by atoms with Crippen molar-refractivity contribution < 1.29 is 227 Å². The summed E-state index contributed by atoms with van der Waals surface area (Å²) in [4.78, 5) is 130. The Labute approximate surface area is 537 Å². The molecule has 0 amide bonds. The van der Waals surface area contributed by atoms with Gasteiger partial charge in [-0.15, -0.1) is 12.6 Å². The van der Waals surface area contributed by atoms with E-state index in [0.29, 0.717) is 12.1 Å². The molecule has 0 aromatic heterocycles. The third-order valence-electron chi connectivity index (χ3n) is 8.11. The number of carbonyl (C=O) groups excluding carboxylic acids is 8. The molecule has 1 atom stereocenters. The Morgan fingerprint density at radius 2 is 0.839 bits per heavy atom. The normalized spacial score (nSPS) is 10.3. The Balaban J connectivity index is -0.000000338. The van der Waals surface area contributed by atoms with Gasteiger partial charge in [-0.05, 0) is 43.3 Å². The zero-order valence-electron chi connectivity index (χ0n) is 45.4. The van der Waals surface area contributed by atoms with Crippen LogP contribution in [0.5, 0.6) is 0 Å². The molecule has 2 aromatic carbocycles. The van der Waals surface area contributed by atoms with Crippen LogP contribution in [0.15, 0.2) is 96.3 Å². The van der Waals surface area contributed by atoms with E-state index in [0.717, 1.165) is 42.5 Å². The topological polar surface area (TPSA) is 580 Å². The van der Waals surface area contributed by atoms with Crippen molar-refractivity contribution in [2.45, 2.75) is 41.2 Å². The van der Waals surface area contributed by atoms with Gasteiger partial charge in [-0.25, -0.2) is 55.2 Å².